The molecular formula is C16H30N2O6S. The number of nitrogens with one attached hydrogen (secondary N) is 2. The topological polar surface area (TPSA) is 136 Å². The smallest absolute Gasteiger partial charge is 0.249 e. The average Bonchev–Trinajstić information content (AvgIpc) is 2.57. The Hall–Kier alpha value is -1.16. The summed E-state index contributed by atoms with van der Waals surface area (Å²) in [6, 6.07) is 0. The van der Waals surface area contributed by atoms with Crippen LogP contribution in [0.5, 0.6) is 0 Å². The molecule has 25 heavy (non-hydrogen) atoms. The number of hydrogen-bond acceptors (Lipinski definition) is 7. The Balaban J connectivity index is 3.85. The van der Waals surface area contributed by atoms with Crippen molar-refractivity contribution in [1.29, 1.82) is 0 Å². The predicted molar refractivity (Wildman–Crippen MR) is 95.9 cm³/mol. The van der Waals surface area contributed by atoms with Crippen LogP contribution in [0.2, 0.25) is 0 Å². The molecule has 0 aliphatic rings. The molecule has 146 valence electrons. The zero-order valence-corrected chi connectivity index (χ0v) is 15.9. The molecule has 0 aromatic rings. The maximum absolute atomic E-state index is 11.7. The van der Waals surface area contributed by atoms with Gasteiger partial charge in [-0.3, -0.25) is 14.4 Å². The number of carbonyl (C=O) groups is 3. The fraction of sp³-hybridized carbons (Fsp3) is 0.812. The summed E-state index contributed by atoms with van der Waals surface area (Å²) in [7, 11) is 0. The third-order valence-electron chi connectivity index (χ3n) is 3.61. The molecule has 0 saturated heterocycles. The van der Waals surface area contributed by atoms with E-state index in [9.17, 15) is 24.6 Å². The van der Waals surface area contributed by atoms with Crippen LogP contribution in [0.15, 0.2) is 0 Å². The van der Waals surface area contributed by atoms with Gasteiger partial charge in [-0.05, 0) is 6.42 Å². The zero-order valence-electron chi connectivity index (χ0n) is 15.1. The van der Waals surface area contributed by atoms with E-state index in [1.165, 1.54) is 0 Å². The van der Waals surface area contributed by atoms with E-state index in [-0.39, 0.29) is 37.0 Å². The molecule has 0 aliphatic heterocycles. The largest absolute Gasteiger partial charge is 0.396 e. The van der Waals surface area contributed by atoms with E-state index < -0.39 is 23.5 Å². The summed E-state index contributed by atoms with van der Waals surface area (Å²) >= 11 is 1.06. The van der Waals surface area contributed by atoms with Crippen molar-refractivity contribution in [1.82, 2.24) is 10.6 Å². The Morgan fingerprint density at radius 1 is 1.12 bits per heavy atom. The Bertz CT molecular complexity index is 444. The van der Waals surface area contributed by atoms with E-state index in [0.29, 0.717) is 18.7 Å². The molecule has 0 rings (SSSR count). The summed E-state index contributed by atoms with van der Waals surface area (Å²) in [5.74, 6) is -0.503. The predicted octanol–water partition coefficient (Wildman–Crippen LogP) is -0.591. The molecule has 0 radical (unpaired) electrons. The fourth-order valence-electron chi connectivity index (χ4n) is 1.68. The standard InChI is InChI=1S/C16H30N2O6S/c1-4-11(20)9-13(22)25-8-7-17-12(21)5-6-18-15(24)14(23)16(2,3)10-19/h11,14,19-20,23H,4-10H2,1-3H3,(H,17,21)(H,18,24)/t11-,14-/m0/s1. The van der Waals surface area contributed by atoms with Gasteiger partial charge in [-0.2, -0.15) is 0 Å². The Morgan fingerprint density at radius 3 is 2.32 bits per heavy atom. The number of rotatable bonds is 12. The van der Waals surface area contributed by atoms with E-state index in [4.69, 9.17) is 5.11 Å². The summed E-state index contributed by atoms with van der Waals surface area (Å²) in [4.78, 5) is 34.8. The molecule has 0 aromatic heterocycles. The number of aliphatic hydroxyl groups excluding tert-OH is 3. The van der Waals surface area contributed by atoms with Crippen molar-refractivity contribution in [3.63, 3.8) is 0 Å². The van der Waals surface area contributed by atoms with Gasteiger partial charge in [0.05, 0.1) is 12.7 Å². The van der Waals surface area contributed by atoms with Crippen molar-refractivity contribution in [2.45, 2.75) is 52.2 Å². The van der Waals surface area contributed by atoms with Crippen LogP contribution in [-0.4, -0.2) is 69.9 Å². The van der Waals surface area contributed by atoms with Crippen molar-refractivity contribution in [3.8, 4) is 0 Å². The maximum atomic E-state index is 11.7. The monoisotopic (exact) mass is 378 g/mol. The van der Waals surface area contributed by atoms with Crippen molar-refractivity contribution in [2.24, 2.45) is 5.41 Å². The van der Waals surface area contributed by atoms with Gasteiger partial charge in [0.1, 0.15) is 6.10 Å². The average molecular weight is 378 g/mol. The van der Waals surface area contributed by atoms with Gasteiger partial charge in [-0.15, -0.1) is 0 Å². The summed E-state index contributed by atoms with van der Waals surface area (Å²) in [6.45, 7) is 4.95. The second-order valence-electron chi connectivity index (χ2n) is 6.43. The first-order valence-corrected chi connectivity index (χ1v) is 9.29. The second-order valence-corrected chi connectivity index (χ2v) is 7.58. The second kappa shape index (κ2) is 12.2. The lowest BCUT2D eigenvalue weighted by Crippen LogP contribution is -2.46. The molecule has 2 amide bonds. The van der Waals surface area contributed by atoms with E-state index in [0.717, 1.165) is 11.8 Å². The lowest BCUT2D eigenvalue weighted by Gasteiger charge is -2.27. The quantitative estimate of drug-likeness (QED) is 0.286. The molecule has 0 unspecified atom stereocenters. The Kier molecular flexibility index (Phi) is 11.7. The van der Waals surface area contributed by atoms with E-state index in [2.05, 4.69) is 10.6 Å². The first-order chi connectivity index (χ1) is 11.6. The van der Waals surface area contributed by atoms with Crippen LogP contribution < -0.4 is 10.6 Å². The van der Waals surface area contributed by atoms with E-state index in [1.807, 2.05) is 0 Å². The molecule has 2 atom stereocenters. The van der Waals surface area contributed by atoms with Crippen LogP contribution in [0.1, 0.15) is 40.0 Å². The number of hydrogen-bond donors (Lipinski definition) is 5. The molecule has 0 spiro atoms. The molecule has 0 bridgehead atoms. The van der Waals surface area contributed by atoms with Gasteiger partial charge in [-0.1, -0.05) is 32.5 Å². The molecule has 8 nitrogen and oxygen atoms in total. The molecule has 9 heteroatoms. The molecule has 0 aliphatic carbocycles. The Labute approximate surface area is 152 Å². The molecular weight excluding hydrogens is 348 g/mol. The highest BCUT2D eigenvalue weighted by atomic mass is 32.2. The maximum Gasteiger partial charge on any atom is 0.249 e. The van der Waals surface area contributed by atoms with Crippen molar-refractivity contribution in [2.75, 3.05) is 25.4 Å². The van der Waals surface area contributed by atoms with Gasteiger partial charge in [0.2, 0.25) is 11.8 Å². The third-order valence-corrected chi connectivity index (χ3v) is 4.51. The van der Waals surface area contributed by atoms with Crippen LogP contribution >= 0.6 is 11.8 Å². The van der Waals surface area contributed by atoms with Crippen molar-refractivity contribution >= 4 is 28.7 Å². The van der Waals surface area contributed by atoms with Crippen molar-refractivity contribution < 1.29 is 29.7 Å². The van der Waals surface area contributed by atoms with Crippen LogP contribution in [0, 0.1) is 5.41 Å². The minimum Gasteiger partial charge on any atom is -0.396 e. The van der Waals surface area contributed by atoms with E-state index in [1.54, 1.807) is 20.8 Å². The number of amides is 2. The lowest BCUT2D eigenvalue weighted by molar-refractivity contribution is -0.137. The third kappa shape index (κ3) is 10.4. The lowest BCUT2D eigenvalue weighted by atomic mass is 9.87. The highest BCUT2D eigenvalue weighted by Crippen LogP contribution is 2.19. The van der Waals surface area contributed by atoms with Crippen LogP contribution in [0.3, 0.4) is 0 Å². The minimum absolute atomic E-state index is 0.0468. The first-order valence-electron chi connectivity index (χ1n) is 8.31. The fourth-order valence-corrected chi connectivity index (χ4v) is 2.42. The summed E-state index contributed by atoms with van der Waals surface area (Å²) in [6.07, 6.45) is -1.30. The van der Waals surface area contributed by atoms with Gasteiger partial charge < -0.3 is 26.0 Å². The highest BCUT2D eigenvalue weighted by molar-refractivity contribution is 8.13. The van der Waals surface area contributed by atoms with Crippen LogP contribution in [0.25, 0.3) is 0 Å². The van der Waals surface area contributed by atoms with Crippen LogP contribution in [-0.2, 0) is 14.4 Å². The molecule has 0 aromatic carbocycles. The first kappa shape index (κ1) is 23.8. The number of thioether (sulfide) groups is 1. The molecule has 0 heterocycles. The normalized spacial score (nSPS) is 13.8. The van der Waals surface area contributed by atoms with Gasteiger partial charge >= 0.3 is 0 Å². The zero-order chi connectivity index (χ0) is 19.5. The van der Waals surface area contributed by atoms with E-state index >= 15 is 0 Å². The number of aliphatic hydroxyl groups is 3. The van der Waals surface area contributed by atoms with Gasteiger partial charge in [0, 0.05) is 37.1 Å². The van der Waals surface area contributed by atoms with Gasteiger partial charge in [0.25, 0.3) is 0 Å². The Morgan fingerprint density at radius 2 is 1.76 bits per heavy atom. The molecule has 5 N–H and O–H groups in total. The minimum atomic E-state index is -1.36. The molecule has 0 fully saturated rings. The molecule has 0 saturated carbocycles. The van der Waals surface area contributed by atoms with Crippen molar-refractivity contribution in [3.05, 3.63) is 0 Å². The van der Waals surface area contributed by atoms with Crippen LogP contribution in [0.4, 0.5) is 0 Å². The van der Waals surface area contributed by atoms with Gasteiger partial charge in [0.15, 0.2) is 5.12 Å². The summed E-state index contributed by atoms with van der Waals surface area (Å²) < 4.78 is 0. The number of carbonyl (C=O) groups excluding carboxylic acids is 3. The highest BCUT2D eigenvalue weighted by Gasteiger charge is 2.32. The summed E-state index contributed by atoms with van der Waals surface area (Å²) in [5, 5.41) is 33.2. The van der Waals surface area contributed by atoms with Gasteiger partial charge in [-0.25, -0.2) is 0 Å². The SMILES string of the molecule is CC[C@H](O)CC(=O)SCCNC(=O)CCNC(=O)[C@H](O)C(C)(C)CO. The summed E-state index contributed by atoms with van der Waals surface area (Å²) in [5.41, 5.74) is -0.957.